The Bertz CT molecular complexity index is 752. The fraction of sp³-hybridized carbons (Fsp3) is 0.650. The van der Waals surface area contributed by atoms with Crippen molar-refractivity contribution in [2.45, 2.75) is 50.3 Å². The van der Waals surface area contributed by atoms with E-state index in [2.05, 4.69) is 10.2 Å². The summed E-state index contributed by atoms with van der Waals surface area (Å²) >= 11 is 0. The average Bonchev–Trinajstić information content (AvgIpc) is 3.22. The summed E-state index contributed by atoms with van der Waals surface area (Å²) in [5.41, 5.74) is 1.25. The third-order valence-electron chi connectivity index (χ3n) is 5.54. The molecule has 2 aliphatic rings. The van der Waals surface area contributed by atoms with Crippen LogP contribution in [0.4, 0.5) is 0 Å². The zero-order valence-electron chi connectivity index (χ0n) is 16.2. The summed E-state index contributed by atoms with van der Waals surface area (Å²) in [5.74, 6) is -0.190. The van der Waals surface area contributed by atoms with Gasteiger partial charge in [0.15, 0.2) is 0 Å². The molecule has 6 nitrogen and oxygen atoms in total. The summed E-state index contributed by atoms with van der Waals surface area (Å²) in [4.78, 5) is 15.2. The molecule has 1 N–H and O–H groups in total. The second-order valence-electron chi connectivity index (χ2n) is 7.60. The van der Waals surface area contributed by atoms with Gasteiger partial charge in [-0.25, -0.2) is 8.42 Å². The molecule has 0 aromatic heterocycles. The van der Waals surface area contributed by atoms with Crippen LogP contribution in [0.5, 0.6) is 0 Å². The number of sulfonamides is 1. The Morgan fingerprint density at radius 3 is 2.41 bits per heavy atom. The maximum absolute atomic E-state index is 12.7. The zero-order valence-corrected chi connectivity index (χ0v) is 17.1. The number of rotatable bonds is 7. The van der Waals surface area contributed by atoms with Crippen molar-refractivity contribution < 1.29 is 13.2 Å². The van der Waals surface area contributed by atoms with E-state index in [9.17, 15) is 13.2 Å². The van der Waals surface area contributed by atoms with Gasteiger partial charge in [0, 0.05) is 25.2 Å². The van der Waals surface area contributed by atoms with Gasteiger partial charge < -0.3 is 10.2 Å². The standard InChI is InChI=1S/C20H31N3O3S/c1-17-8-9-18(27(25,26)23-14-5-6-15-23)16-19(17)20(24)21-10-7-13-22-11-3-2-4-12-22/h8-9,16H,2-7,10-15H2,1H3,(H,21,24). The van der Waals surface area contributed by atoms with Crippen LogP contribution >= 0.6 is 0 Å². The molecule has 0 saturated carbocycles. The number of hydrogen-bond donors (Lipinski definition) is 1. The van der Waals surface area contributed by atoms with Crippen molar-refractivity contribution in [3.63, 3.8) is 0 Å². The highest BCUT2D eigenvalue weighted by molar-refractivity contribution is 7.89. The molecule has 0 bridgehead atoms. The molecule has 27 heavy (non-hydrogen) atoms. The molecule has 1 amide bonds. The van der Waals surface area contributed by atoms with E-state index >= 15 is 0 Å². The van der Waals surface area contributed by atoms with Crippen LogP contribution in [-0.4, -0.2) is 62.8 Å². The van der Waals surface area contributed by atoms with E-state index in [0.29, 0.717) is 25.2 Å². The number of aryl methyl sites for hydroxylation is 1. The van der Waals surface area contributed by atoms with E-state index in [0.717, 1.165) is 44.5 Å². The fourth-order valence-electron chi connectivity index (χ4n) is 3.87. The number of carbonyl (C=O) groups excluding carboxylic acids is 1. The summed E-state index contributed by atoms with van der Waals surface area (Å²) in [6.45, 7) is 6.89. The predicted octanol–water partition coefficient (Wildman–Crippen LogP) is 2.39. The van der Waals surface area contributed by atoms with Crippen LogP contribution < -0.4 is 5.32 Å². The first kappa shape index (κ1) is 20.3. The summed E-state index contributed by atoms with van der Waals surface area (Å²) < 4.78 is 27.0. The molecule has 2 heterocycles. The van der Waals surface area contributed by atoms with Crippen LogP contribution in [0.25, 0.3) is 0 Å². The fourth-order valence-corrected chi connectivity index (χ4v) is 5.41. The molecule has 0 atom stereocenters. The maximum Gasteiger partial charge on any atom is 0.251 e. The lowest BCUT2D eigenvalue weighted by molar-refractivity contribution is 0.0950. The summed E-state index contributed by atoms with van der Waals surface area (Å²) in [7, 11) is -3.50. The number of likely N-dealkylation sites (tertiary alicyclic amines) is 1. The highest BCUT2D eigenvalue weighted by Crippen LogP contribution is 2.23. The Balaban J connectivity index is 1.59. The normalized spacial score (nSPS) is 19.3. The highest BCUT2D eigenvalue weighted by atomic mass is 32.2. The monoisotopic (exact) mass is 393 g/mol. The molecule has 7 heteroatoms. The second kappa shape index (κ2) is 9.17. The lowest BCUT2D eigenvalue weighted by Gasteiger charge is -2.26. The number of amides is 1. The smallest absolute Gasteiger partial charge is 0.251 e. The average molecular weight is 394 g/mol. The minimum absolute atomic E-state index is 0.190. The van der Waals surface area contributed by atoms with E-state index in [4.69, 9.17) is 0 Å². The van der Waals surface area contributed by atoms with E-state index in [1.165, 1.54) is 29.6 Å². The third kappa shape index (κ3) is 5.09. The molecule has 0 spiro atoms. The van der Waals surface area contributed by atoms with Crippen molar-refractivity contribution in [2.75, 3.05) is 39.3 Å². The van der Waals surface area contributed by atoms with Crippen molar-refractivity contribution in [3.05, 3.63) is 29.3 Å². The summed E-state index contributed by atoms with van der Waals surface area (Å²) in [6, 6.07) is 4.87. The van der Waals surface area contributed by atoms with Crippen molar-refractivity contribution in [2.24, 2.45) is 0 Å². The Morgan fingerprint density at radius 1 is 1.04 bits per heavy atom. The van der Waals surface area contributed by atoms with E-state index < -0.39 is 10.0 Å². The number of piperidine rings is 1. The van der Waals surface area contributed by atoms with E-state index in [-0.39, 0.29) is 10.8 Å². The number of carbonyl (C=O) groups is 1. The van der Waals surface area contributed by atoms with Gasteiger partial charge in [-0.05, 0) is 76.4 Å². The molecule has 150 valence electrons. The number of hydrogen-bond acceptors (Lipinski definition) is 4. The molecule has 2 fully saturated rings. The molecule has 3 rings (SSSR count). The first-order chi connectivity index (χ1) is 13.0. The topological polar surface area (TPSA) is 69.7 Å². The lowest BCUT2D eigenvalue weighted by atomic mass is 10.1. The largest absolute Gasteiger partial charge is 0.352 e. The van der Waals surface area contributed by atoms with Crippen LogP contribution in [0, 0.1) is 6.92 Å². The van der Waals surface area contributed by atoms with Crippen molar-refractivity contribution in [3.8, 4) is 0 Å². The molecule has 2 aliphatic heterocycles. The van der Waals surface area contributed by atoms with Crippen LogP contribution in [0.2, 0.25) is 0 Å². The first-order valence-electron chi connectivity index (χ1n) is 10.1. The number of nitrogens with one attached hydrogen (secondary N) is 1. The summed E-state index contributed by atoms with van der Waals surface area (Å²) in [6.07, 6.45) is 6.57. The Labute approximate surface area is 163 Å². The SMILES string of the molecule is Cc1ccc(S(=O)(=O)N2CCCC2)cc1C(=O)NCCCN1CCCCC1. The van der Waals surface area contributed by atoms with Gasteiger partial charge in [0.25, 0.3) is 5.91 Å². The van der Waals surface area contributed by atoms with Crippen molar-refractivity contribution in [1.82, 2.24) is 14.5 Å². The Hall–Kier alpha value is -1.44. The van der Waals surface area contributed by atoms with Gasteiger partial charge in [0.05, 0.1) is 4.90 Å². The molecule has 1 aromatic carbocycles. The minimum Gasteiger partial charge on any atom is -0.352 e. The maximum atomic E-state index is 12.7. The van der Waals surface area contributed by atoms with Gasteiger partial charge in [0.2, 0.25) is 10.0 Å². The van der Waals surface area contributed by atoms with Crippen molar-refractivity contribution in [1.29, 1.82) is 0 Å². The molecular formula is C20H31N3O3S. The van der Waals surface area contributed by atoms with Gasteiger partial charge in [0.1, 0.15) is 0 Å². The molecule has 1 aromatic rings. The first-order valence-corrected chi connectivity index (χ1v) is 11.5. The van der Waals surface area contributed by atoms with Crippen LogP contribution in [-0.2, 0) is 10.0 Å². The Morgan fingerprint density at radius 2 is 1.70 bits per heavy atom. The van der Waals surface area contributed by atoms with Crippen molar-refractivity contribution >= 4 is 15.9 Å². The molecule has 0 unspecified atom stereocenters. The third-order valence-corrected chi connectivity index (χ3v) is 7.44. The molecule has 0 radical (unpaired) electrons. The lowest BCUT2D eigenvalue weighted by Crippen LogP contribution is -2.33. The zero-order chi connectivity index (χ0) is 19.3. The van der Waals surface area contributed by atoms with E-state index in [1.807, 2.05) is 6.92 Å². The van der Waals surface area contributed by atoms with E-state index in [1.54, 1.807) is 12.1 Å². The van der Waals surface area contributed by atoms with Crippen LogP contribution in [0.1, 0.15) is 54.4 Å². The number of nitrogens with zero attached hydrogens (tertiary/aromatic N) is 2. The van der Waals surface area contributed by atoms with Gasteiger partial charge in [-0.2, -0.15) is 4.31 Å². The van der Waals surface area contributed by atoms with Gasteiger partial charge in [-0.1, -0.05) is 12.5 Å². The predicted molar refractivity (Wildman–Crippen MR) is 106 cm³/mol. The molecule has 2 saturated heterocycles. The molecule has 0 aliphatic carbocycles. The minimum atomic E-state index is -3.50. The van der Waals surface area contributed by atoms with Gasteiger partial charge >= 0.3 is 0 Å². The van der Waals surface area contributed by atoms with Gasteiger partial charge in [-0.15, -0.1) is 0 Å². The summed E-state index contributed by atoms with van der Waals surface area (Å²) in [5, 5.41) is 2.95. The van der Waals surface area contributed by atoms with Gasteiger partial charge in [-0.3, -0.25) is 4.79 Å². The second-order valence-corrected chi connectivity index (χ2v) is 9.54. The number of benzene rings is 1. The highest BCUT2D eigenvalue weighted by Gasteiger charge is 2.28. The van der Waals surface area contributed by atoms with Crippen LogP contribution in [0.3, 0.4) is 0 Å². The van der Waals surface area contributed by atoms with Crippen LogP contribution in [0.15, 0.2) is 23.1 Å². The quantitative estimate of drug-likeness (QED) is 0.722. The Kier molecular flexibility index (Phi) is 6.89. The molecular weight excluding hydrogens is 362 g/mol.